The Labute approximate surface area is 94.6 Å². The average molecular weight is 220 g/mol. The SMILES string of the molecule is O=C(c1ccco1)N1C[C@@H]2CNC[C@@H](C2)C1. The summed E-state index contributed by atoms with van der Waals surface area (Å²) in [5, 5.41) is 3.42. The molecule has 16 heavy (non-hydrogen) atoms. The molecule has 2 bridgehead atoms. The van der Waals surface area contributed by atoms with Crippen LogP contribution in [0.25, 0.3) is 0 Å². The smallest absolute Gasteiger partial charge is 0.289 e. The molecule has 1 amide bonds. The highest BCUT2D eigenvalue weighted by molar-refractivity contribution is 5.91. The summed E-state index contributed by atoms with van der Waals surface area (Å²) >= 11 is 0. The molecular formula is C12H16N2O2. The van der Waals surface area contributed by atoms with Crippen LogP contribution >= 0.6 is 0 Å². The lowest BCUT2D eigenvalue weighted by Gasteiger charge is -2.41. The molecule has 0 unspecified atom stereocenters. The molecule has 0 saturated carbocycles. The van der Waals surface area contributed by atoms with Crippen LogP contribution in [0, 0.1) is 11.8 Å². The first-order valence-electron chi connectivity index (χ1n) is 5.86. The lowest BCUT2D eigenvalue weighted by molar-refractivity contribution is 0.0508. The van der Waals surface area contributed by atoms with E-state index in [2.05, 4.69) is 5.32 Å². The molecule has 3 rings (SSSR count). The van der Waals surface area contributed by atoms with Gasteiger partial charge in [-0.1, -0.05) is 0 Å². The van der Waals surface area contributed by atoms with Crippen molar-refractivity contribution in [3.05, 3.63) is 24.2 Å². The van der Waals surface area contributed by atoms with E-state index in [4.69, 9.17) is 4.42 Å². The van der Waals surface area contributed by atoms with Gasteiger partial charge in [-0.15, -0.1) is 0 Å². The van der Waals surface area contributed by atoms with E-state index in [1.807, 2.05) is 4.90 Å². The largest absolute Gasteiger partial charge is 0.459 e. The Bertz CT molecular complexity index is 362. The predicted octanol–water partition coefficient (Wildman–Crippen LogP) is 0.961. The van der Waals surface area contributed by atoms with E-state index in [0.29, 0.717) is 17.6 Å². The van der Waals surface area contributed by atoms with E-state index in [1.54, 1.807) is 18.4 Å². The number of carbonyl (C=O) groups is 1. The van der Waals surface area contributed by atoms with Crippen LogP contribution in [0.5, 0.6) is 0 Å². The van der Waals surface area contributed by atoms with Gasteiger partial charge in [-0.2, -0.15) is 0 Å². The Balaban J connectivity index is 1.73. The van der Waals surface area contributed by atoms with Crippen molar-refractivity contribution in [3.8, 4) is 0 Å². The van der Waals surface area contributed by atoms with Crippen molar-refractivity contribution >= 4 is 5.91 Å². The molecule has 0 radical (unpaired) electrons. The molecule has 2 fully saturated rings. The molecule has 2 aliphatic heterocycles. The number of piperidine rings is 2. The molecule has 0 spiro atoms. The van der Waals surface area contributed by atoms with Crippen LogP contribution < -0.4 is 5.32 Å². The molecule has 4 nitrogen and oxygen atoms in total. The fourth-order valence-electron chi connectivity index (χ4n) is 2.83. The second-order valence-corrected chi connectivity index (χ2v) is 4.81. The summed E-state index contributed by atoms with van der Waals surface area (Å²) in [6, 6.07) is 3.50. The Kier molecular flexibility index (Phi) is 2.44. The van der Waals surface area contributed by atoms with E-state index < -0.39 is 0 Å². The second kappa shape index (κ2) is 3.94. The van der Waals surface area contributed by atoms with Gasteiger partial charge in [0.25, 0.3) is 5.91 Å². The van der Waals surface area contributed by atoms with Crippen LogP contribution in [-0.2, 0) is 0 Å². The lowest BCUT2D eigenvalue weighted by Crippen LogP contribution is -2.52. The summed E-state index contributed by atoms with van der Waals surface area (Å²) in [5.41, 5.74) is 0. The molecule has 0 aliphatic carbocycles. The van der Waals surface area contributed by atoms with E-state index in [0.717, 1.165) is 26.2 Å². The van der Waals surface area contributed by atoms with Crippen molar-refractivity contribution in [3.63, 3.8) is 0 Å². The number of fused-ring (bicyclic) bond motifs is 2. The number of hydrogen-bond acceptors (Lipinski definition) is 3. The quantitative estimate of drug-likeness (QED) is 0.766. The van der Waals surface area contributed by atoms with E-state index in [9.17, 15) is 4.79 Å². The minimum Gasteiger partial charge on any atom is -0.459 e. The van der Waals surface area contributed by atoms with Crippen molar-refractivity contribution in [2.45, 2.75) is 6.42 Å². The fraction of sp³-hybridized carbons (Fsp3) is 0.583. The Morgan fingerprint density at radius 3 is 2.75 bits per heavy atom. The van der Waals surface area contributed by atoms with Crippen LogP contribution in [0.4, 0.5) is 0 Å². The summed E-state index contributed by atoms with van der Waals surface area (Å²) < 4.78 is 5.16. The molecule has 1 aromatic heterocycles. The van der Waals surface area contributed by atoms with Gasteiger partial charge in [0.15, 0.2) is 5.76 Å². The van der Waals surface area contributed by atoms with Gasteiger partial charge >= 0.3 is 0 Å². The van der Waals surface area contributed by atoms with Crippen LogP contribution in [0.1, 0.15) is 17.0 Å². The molecule has 1 aromatic rings. The number of rotatable bonds is 1. The molecule has 1 N–H and O–H groups in total. The molecule has 86 valence electrons. The molecule has 3 heterocycles. The van der Waals surface area contributed by atoms with E-state index in [1.165, 1.54) is 6.42 Å². The summed E-state index contributed by atoms with van der Waals surface area (Å²) in [7, 11) is 0. The average Bonchev–Trinajstić information content (AvgIpc) is 2.81. The number of nitrogens with one attached hydrogen (secondary N) is 1. The molecule has 2 saturated heterocycles. The predicted molar refractivity (Wildman–Crippen MR) is 59.1 cm³/mol. The molecule has 2 aliphatic rings. The maximum Gasteiger partial charge on any atom is 0.289 e. The first-order valence-corrected chi connectivity index (χ1v) is 5.86. The summed E-state index contributed by atoms with van der Waals surface area (Å²) in [6.45, 7) is 3.81. The number of carbonyl (C=O) groups excluding carboxylic acids is 1. The zero-order valence-corrected chi connectivity index (χ0v) is 9.19. The number of likely N-dealkylation sites (tertiary alicyclic amines) is 1. The van der Waals surface area contributed by atoms with Gasteiger partial charge in [-0.3, -0.25) is 4.79 Å². The van der Waals surface area contributed by atoms with Gasteiger partial charge in [-0.25, -0.2) is 0 Å². The van der Waals surface area contributed by atoms with E-state index in [-0.39, 0.29) is 5.91 Å². The summed E-state index contributed by atoms with van der Waals surface area (Å²) in [6.07, 6.45) is 2.81. The summed E-state index contributed by atoms with van der Waals surface area (Å²) in [4.78, 5) is 14.0. The maximum atomic E-state index is 12.1. The van der Waals surface area contributed by atoms with Gasteiger partial charge in [0.2, 0.25) is 0 Å². The zero-order valence-electron chi connectivity index (χ0n) is 9.19. The van der Waals surface area contributed by atoms with Crippen molar-refractivity contribution in [1.82, 2.24) is 10.2 Å². The van der Waals surface area contributed by atoms with Crippen molar-refractivity contribution in [2.24, 2.45) is 11.8 Å². The monoisotopic (exact) mass is 220 g/mol. The Morgan fingerprint density at radius 2 is 2.12 bits per heavy atom. The first kappa shape index (κ1) is 9.90. The third kappa shape index (κ3) is 1.73. The van der Waals surface area contributed by atoms with Crippen LogP contribution in [-0.4, -0.2) is 37.0 Å². The third-order valence-corrected chi connectivity index (χ3v) is 3.51. The van der Waals surface area contributed by atoms with Gasteiger partial charge < -0.3 is 14.6 Å². The number of hydrogen-bond donors (Lipinski definition) is 1. The van der Waals surface area contributed by atoms with Gasteiger partial charge in [0.05, 0.1) is 6.26 Å². The molecule has 4 heteroatoms. The standard InChI is InChI=1S/C12H16N2O2/c15-12(11-2-1-3-16-11)14-7-9-4-10(8-14)6-13-5-9/h1-3,9-10,13H,4-8H2/t9-,10+. The molecule has 2 atom stereocenters. The lowest BCUT2D eigenvalue weighted by atomic mass is 9.86. The number of furan rings is 1. The normalized spacial score (nSPS) is 29.1. The Morgan fingerprint density at radius 1 is 1.38 bits per heavy atom. The minimum absolute atomic E-state index is 0.0431. The second-order valence-electron chi connectivity index (χ2n) is 4.81. The number of nitrogens with zero attached hydrogens (tertiary/aromatic N) is 1. The first-order chi connectivity index (χ1) is 7.83. The van der Waals surface area contributed by atoms with Gasteiger partial charge in [0, 0.05) is 13.1 Å². The van der Waals surface area contributed by atoms with Gasteiger partial charge in [-0.05, 0) is 43.5 Å². The number of amides is 1. The molecule has 0 aromatic carbocycles. The van der Waals surface area contributed by atoms with E-state index >= 15 is 0 Å². The van der Waals surface area contributed by atoms with Crippen LogP contribution in [0.15, 0.2) is 22.8 Å². The van der Waals surface area contributed by atoms with Crippen LogP contribution in [0.2, 0.25) is 0 Å². The molecular weight excluding hydrogens is 204 g/mol. The van der Waals surface area contributed by atoms with Crippen molar-refractivity contribution < 1.29 is 9.21 Å². The maximum absolute atomic E-state index is 12.1. The van der Waals surface area contributed by atoms with Crippen molar-refractivity contribution in [2.75, 3.05) is 26.2 Å². The van der Waals surface area contributed by atoms with Crippen LogP contribution in [0.3, 0.4) is 0 Å². The van der Waals surface area contributed by atoms with Gasteiger partial charge in [0.1, 0.15) is 0 Å². The Hall–Kier alpha value is -1.29. The van der Waals surface area contributed by atoms with Crippen molar-refractivity contribution in [1.29, 1.82) is 0 Å². The zero-order chi connectivity index (χ0) is 11.0. The topological polar surface area (TPSA) is 45.5 Å². The fourth-order valence-corrected chi connectivity index (χ4v) is 2.83. The summed E-state index contributed by atoms with van der Waals surface area (Å²) in [5.74, 6) is 1.74. The highest BCUT2D eigenvalue weighted by Crippen LogP contribution is 2.25. The third-order valence-electron chi connectivity index (χ3n) is 3.51. The minimum atomic E-state index is 0.0431. The highest BCUT2D eigenvalue weighted by atomic mass is 16.3. The highest BCUT2D eigenvalue weighted by Gasteiger charge is 2.33.